The van der Waals surface area contributed by atoms with Gasteiger partial charge >= 0.3 is 0 Å². The summed E-state index contributed by atoms with van der Waals surface area (Å²) in [5.41, 5.74) is 2.10. The normalized spacial score (nSPS) is 14.2. The zero-order valence-electron chi connectivity index (χ0n) is 23.9. The summed E-state index contributed by atoms with van der Waals surface area (Å²) in [4.78, 5) is 0. The maximum Gasteiger partial charge on any atom is 0.250 e. The topological polar surface area (TPSA) is 66.0 Å². The van der Waals surface area contributed by atoms with Gasteiger partial charge in [-0.15, -0.1) is 0 Å². The summed E-state index contributed by atoms with van der Waals surface area (Å²) in [5, 5.41) is 0.0981. The molecule has 0 spiro atoms. The highest BCUT2D eigenvalue weighted by Gasteiger charge is 2.39. The molecule has 0 aliphatic heterocycles. The van der Waals surface area contributed by atoms with Crippen LogP contribution in [0.1, 0.15) is 65.1 Å². The molecule has 0 aliphatic rings. The largest absolute Gasteiger partial charge is 0.543 e. The SMILES string of the molecule is COc1cc(CC[C@@H](N[S@@](=O)C(C)(C)C)c2cccc(O[Si](C)(C)C(C)(C)C)c2)cc(OC)c1OC. The van der Waals surface area contributed by atoms with Gasteiger partial charge in [0.25, 0.3) is 0 Å². The van der Waals surface area contributed by atoms with Gasteiger partial charge in [0, 0.05) is 6.04 Å². The Morgan fingerprint density at radius 3 is 1.97 bits per heavy atom. The maximum atomic E-state index is 13.1. The van der Waals surface area contributed by atoms with Crippen molar-refractivity contribution in [3.8, 4) is 23.0 Å². The van der Waals surface area contributed by atoms with Crippen LogP contribution < -0.4 is 23.4 Å². The van der Waals surface area contributed by atoms with E-state index in [1.807, 2.05) is 45.0 Å². The number of benzene rings is 2. The Morgan fingerprint density at radius 1 is 0.917 bits per heavy atom. The Bertz CT molecular complexity index is 1020. The van der Waals surface area contributed by atoms with E-state index in [0.29, 0.717) is 17.2 Å². The van der Waals surface area contributed by atoms with Gasteiger partial charge in [0.2, 0.25) is 14.1 Å². The molecule has 2 rings (SSSR count). The molecule has 1 N–H and O–H groups in total. The molecule has 0 unspecified atom stereocenters. The number of ether oxygens (including phenoxy) is 3. The minimum atomic E-state index is -1.99. The van der Waals surface area contributed by atoms with Crippen molar-refractivity contribution in [2.75, 3.05) is 21.3 Å². The number of hydrogen-bond donors (Lipinski definition) is 1. The first kappa shape index (κ1) is 30.2. The minimum Gasteiger partial charge on any atom is -0.543 e. The number of aryl methyl sites for hydroxylation is 1. The zero-order valence-corrected chi connectivity index (χ0v) is 25.7. The summed E-state index contributed by atoms with van der Waals surface area (Å²) in [5.74, 6) is 2.68. The number of nitrogens with one attached hydrogen (secondary N) is 1. The lowest BCUT2D eigenvalue weighted by molar-refractivity contribution is 0.323. The van der Waals surface area contributed by atoms with Gasteiger partial charge in [-0.3, -0.25) is 0 Å². The molecule has 0 amide bonds. The van der Waals surface area contributed by atoms with E-state index in [2.05, 4.69) is 50.7 Å². The summed E-state index contributed by atoms with van der Waals surface area (Å²) in [7, 11) is 1.61. The molecule has 0 heterocycles. The molecule has 0 saturated carbocycles. The van der Waals surface area contributed by atoms with E-state index in [1.165, 1.54) is 0 Å². The molecule has 6 nitrogen and oxygen atoms in total. The van der Waals surface area contributed by atoms with Crippen molar-refractivity contribution in [3.05, 3.63) is 47.5 Å². The van der Waals surface area contributed by atoms with E-state index in [9.17, 15) is 4.21 Å². The first-order valence-corrected chi connectivity index (χ1v) is 16.4. The first-order chi connectivity index (χ1) is 16.6. The van der Waals surface area contributed by atoms with Crippen LogP contribution in [0.3, 0.4) is 0 Å². The third kappa shape index (κ3) is 7.73. The van der Waals surface area contributed by atoms with E-state index in [1.54, 1.807) is 21.3 Å². The van der Waals surface area contributed by atoms with Crippen molar-refractivity contribution < 1.29 is 22.8 Å². The fourth-order valence-electron chi connectivity index (χ4n) is 3.43. The van der Waals surface area contributed by atoms with Crippen LogP contribution in [0, 0.1) is 0 Å². The summed E-state index contributed by atoms with van der Waals surface area (Å²) in [6.45, 7) is 17.1. The van der Waals surface area contributed by atoms with Crippen molar-refractivity contribution in [1.82, 2.24) is 4.72 Å². The van der Waals surface area contributed by atoms with Crippen LogP contribution in [0.4, 0.5) is 0 Å². The molecule has 2 aromatic carbocycles. The molecule has 0 fully saturated rings. The van der Waals surface area contributed by atoms with Gasteiger partial charge in [0.05, 0.1) is 37.1 Å². The van der Waals surface area contributed by atoms with Gasteiger partial charge in [0.1, 0.15) is 5.75 Å². The lowest BCUT2D eigenvalue weighted by atomic mass is 9.99. The Hall–Kier alpha value is -2.03. The minimum absolute atomic E-state index is 0.0981. The van der Waals surface area contributed by atoms with Crippen LogP contribution >= 0.6 is 0 Å². The van der Waals surface area contributed by atoms with Crippen molar-refractivity contribution in [1.29, 1.82) is 0 Å². The second-order valence-corrected chi connectivity index (χ2v) is 18.3. The molecule has 2 aromatic rings. The van der Waals surface area contributed by atoms with E-state index in [-0.39, 0.29) is 15.8 Å². The Labute approximate surface area is 221 Å². The predicted octanol–water partition coefficient (Wildman–Crippen LogP) is 6.82. The molecule has 0 aliphatic carbocycles. The quantitative estimate of drug-likeness (QED) is 0.320. The molecule has 0 bridgehead atoms. The van der Waals surface area contributed by atoms with Gasteiger partial charge in [-0.1, -0.05) is 32.9 Å². The van der Waals surface area contributed by atoms with Gasteiger partial charge in [-0.2, -0.15) is 0 Å². The van der Waals surface area contributed by atoms with Gasteiger partial charge in [-0.25, -0.2) is 8.93 Å². The number of hydrogen-bond acceptors (Lipinski definition) is 5. The van der Waals surface area contributed by atoms with E-state index in [0.717, 1.165) is 29.7 Å². The highest BCUT2D eigenvalue weighted by molar-refractivity contribution is 7.84. The smallest absolute Gasteiger partial charge is 0.250 e. The van der Waals surface area contributed by atoms with Crippen LogP contribution in [-0.2, 0) is 17.4 Å². The molecular formula is C28H45NO5SSi. The van der Waals surface area contributed by atoms with Crippen LogP contribution in [0.5, 0.6) is 23.0 Å². The van der Waals surface area contributed by atoms with E-state index >= 15 is 0 Å². The van der Waals surface area contributed by atoms with Crippen LogP contribution in [0.2, 0.25) is 18.1 Å². The van der Waals surface area contributed by atoms with Gasteiger partial charge in [-0.05, 0) is 87.1 Å². The van der Waals surface area contributed by atoms with Gasteiger partial charge in [0.15, 0.2) is 11.5 Å². The van der Waals surface area contributed by atoms with E-state index < -0.39 is 19.3 Å². The number of rotatable bonds is 11. The molecule has 0 saturated heterocycles. The Balaban J connectivity index is 2.38. The fraction of sp³-hybridized carbons (Fsp3) is 0.571. The van der Waals surface area contributed by atoms with Crippen LogP contribution in [0.25, 0.3) is 0 Å². The standard InChI is InChI=1S/C28H45NO5SSi/c1-27(2,3)35(30)29-23(16-15-20-17-24(31-7)26(33-9)25(18-20)32-8)21-13-12-14-22(19-21)34-36(10,11)28(4,5)6/h12-14,17-19,23,29H,15-16H2,1-11H3/t23-,35+/m1/s1. The third-order valence-corrected chi connectivity index (χ3v) is 12.7. The Morgan fingerprint density at radius 2 is 1.50 bits per heavy atom. The highest BCUT2D eigenvalue weighted by Crippen LogP contribution is 2.40. The second kappa shape index (κ2) is 12.0. The second-order valence-electron chi connectivity index (χ2n) is 11.6. The molecule has 0 radical (unpaired) electrons. The molecule has 2 atom stereocenters. The maximum absolute atomic E-state index is 13.1. The van der Waals surface area contributed by atoms with Crippen LogP contribution in [0.15, 0.2) is 36.4 Å². The Kier molecular flexibility index (Phi) is 10.1. The lowest BCUT2D eigenvalue weighted by Crippen LogP contribution is -2.43. The van der Waals surface area contributed by atoms with E-state index in [4.69, 9.17) is 18.6 Å². The zero-order chi connectivity index (χ0) is 27.3. The van der Waals surface area contributed by atoms with Crippen molar-refractivity contribution in [2.24, 2.45) is 0 Å². The highest BCUT2D eigenvalue weighted by atomic mass is 32.2. The van der Waals surface area contributed by atoms with Crippen molar-refractivity contribution in [2.45, 2.75) is 83.3 Å². The summed E-state index contributed by atoms with van der Waals surface area (Å²) >= 11 is 0. The fourth-order valence-corrected chi connectivity index (χ4v) is 5.32. The summed E-state index contributed by atoms with van der Waals surface area (Å²) in [6.07, 6.45) is 1.45. The van der Waals surface area contributed by atoms with Crippen molar-refractivity contribution in [3.63, 3.8) is 0 Å². The molecule has 36 heavy (non-hydrogen) atoms. The third-order valence-electron chi connectivity index (χ3n) is 6.69. The first-order valence-electron chi connectivity index (χ1n) is 12.4. The van der Waals surface area contributed by atoms with Crippen LogP contribution in [-0.4, -0.2) is 38.6 Å². The summed E-state index contributed by atoms with van der Waals surface area (Å²) in [6, 6.07) is 12.0. The number of methoxy groups -OCH3 is 3. The van der Waals surface area contributed by atoms with Gasteiger partial charge < -0.3 is 18.6 Å². The molecule has 8 heteroatoms. The average molecular weight is 536 g/mol. The average Bonchev–Trinajstić information content (AvgIpc) is 2.79. The molecule has 0 aromatic heterocycles. The molecule has 202 valence electrons. The lowest BCUT2D eigenvalue weighted by Gasteiger charge is -2.36. The van der Waals surface area contributed by atoms with Crippen molar-refractivity contribution >= 4 is 19.3 Å². The summed E-state index contributed by atoms with van der Waals surface area (Å²) < 4.78 is 39.2. The monoisotopic (exact) mass is 535 g/mol. The molecular weight excluding hydrogens is 490 g/mol. The predicted molar refractivity (Wildman–Crippen MR) is 152 cm³/mol.